The van der Waals surface area contributed by atoms with Crippen LogP contribution in [0.5, 0.6) is 0 Å². The molecule has 0 aromatic heterocycles. The average molecular weight is 343 g/mol. The molecule has 0 nitrogen and oxygen atoms in total. The van der Waals surface area contributed by atoms with E-state index in [-0.39, 0.29) is 0 Å². The molecule has 0 rings (SSSR count). The predicted octanol–water partition coefficient (Wildman–Crippen LogP) is 6.35. The SMILES string of the molecule is C[Si](C)(C)C=C(C(=C[Si](C)(C)C)[Si](C)(C)C)[Si](C)(C)C. The van der Waals surface area contributed by atoms with Crippen LogP contribution >= 0.6 is 0 Å². The van der Waals surface area contributed by atoms with Crippen LogP contribution in [0.4, 0.5) is 0 Å². The molecule has 0 aromatic rings. The zero-order valence-electron chi connectivity index (χ0n) is 16.2. The quantitative estimate of drug-likeness (QED) is 0.403. The average Bonchev–Trinajstić information content (AvgIpc) is 2.04. The van der Waals surface area contributed by atoms with Gasteiger partial charge in [-0.1, -0.05) is 100 Å². The van der Waals surface area contributed by atoms with E-state index in [1.54, 1.807) is 10.4 Å². The predicted molar refractivity (Wildman–Crippen MR) is 110 cm³/mol. The summed E-state index contributed by atoms with van der Waals surface area (Å²) in [6.07, 6.45) is 0. The lowest BCUT2D eigenvalue weighted by Crippen LogP contribution is -2.38. The van der Waals surface area contributed by atoms with Gasteiger partial charge in [-0.3, -0.25) is 0 Å². The van der Waals surface area contributed by atoms with Crippen molar-refractivity contribution in [1.29, 1.82) is 0 Å². The number of allylic oxidation sites excluding steroid dienone is 2. The van der Waals surface area contributed by atoms with Crippen LogP contribution in [0.25, 0.3) is 0 Å². The fraction of sp³-hybridized carbons (Fsp3) is 0.750. The van der Waals surface area contributed by atoms with Crippen LogP contribution < -0.4 is 0 Å². The summed E-state index contributed by atoms with van der Waals surface area (Å²) in [5.41, 5.74) is 5.45. The summed E-state index contributed by atoms with van der Waals surface area (Å²) in [7, 11) is -4.92. The third-order valence-corrected chi connectivity index (χ3v) is 10.3. The van der Waals surface area contributed by atoms with Crippen LogP contribution in [0.3, 0.4) is 0 Å². The molecule has 0 aliphatic heterocycles. The highest BCUT2D eigenvalue weighted by atomic mass is 28.3. The highest BCUT2D eigenvalue weighted by Gasteiger charge is 2.33. The Morgan fingerprint density at radius 2 is 0.650 bits per heavy atom. The first-order valence-corrected chi connectivity index (χ1v) is 22.1. The highest BCUT2D eigenvalue weighted by molar-refractivity contribution is 6.95. The summed E-state index contributed by atoms with van der Waals surface area (Å²) in [5, 5.41) is 3.58. The van der Waals surface area contributed by atoms with Crippen LogP contribution in [-0.4, -0.2) is 32.3 Å². The second-order valence-corrected chi connectivity index (χ2v) is 30.5. The first-order chi connectivity index (χ1) is 8.43. The van der Waals surface area contributed by atoms with E-state index in [2.05, 4.69) is 90.0 Å². The molecule has 0 spiro atoms. The second kappa shape index (κ2) is 6.22. The molecule has 0 aliphatic rings. The van der Waals surface area contributed by atoms with Gasteiger partial charge in [-0.05, 0) is 0 Å². The van der Waals surface area contributed by atoms with Crippen LogP contribution in [0.1, 0.15) is 0 Å². The Kier molecular flexibility index (Phi) is 6.33. The molecular formula is C16H38Si4. The minimum atomic E-state index is -1.28. The van der Waals surface area contributed by atoms with Gasteiger partial charge in [0.05, 0.1) is 32.3 Å². The third-order valence-electron chi connectivity index (χ3n) is 3.06. The van der Waals surface area contributed by atoms with Crippen molar-refractivity contribution in [2.75, 3.05) is 0 Å². The molecule has 0 saturated heterocycles. The van der Waals surface area contributed by atoms with Crippen molar-refractivity contribution in [2.45, 2.75) is 78.6 Å². The molecular weight excluding hydrogens is 305 g/mol. The summed E-state index contributed by atoms with van der Waals surface area (Å²) < 4.78 is 0. The molecule has 0 atom stereocenters. The van der Waals surface area contributed by atoms with Crippen molar-refractivity contribution in [2.24, 2.45) is 0 Å². The summed E-state index contributed by atoms with van der Waals surface area (Å²) >= 11 is 0. The van der Waals surface area contributed by atoms with E-state index in [4.69, 9.17) is 0 Å². The van der Waals surface area contributed by atoms with Crippen molar-refractivity contribution in [1.82, 2.24) is 0 Å². The molecule has 0 heterocycles. The van der Waals surface area contributed by atoms with Gasteiger partial charge in [-0.2, -0.15) is 0 Å². The van der Waals surface area contributed by atoms with Crippen LogP contribution in [-0.2, 0) is 0 Å². The number of hydrogen-bond donors (Lipinski definition) is 0. The molecule has 4 heteroatoms. The molecule has 20 heavy (non-hydrogen) atoms. The largest absolute Gasteiger partial charge is 0.0958 e. The standard InChI is InChI=1S/C16H38Si4/c1-17(2,3)13-15(19(7,8)9)16(20(10,11)12)14-18(4,5)6/h13-14H,1-12H3. The van der Waals surface area contributed by atoms with Gasteiger partial charge in [0, 0.05) is 0 Å². The van der Waals surface area contributed by atoms with Gasteiger partial charge in [-0.25, -0.2) is 0 Å². The zero-order chi connectivity index (χ0) is 16.6. The van der Waals surface area contributed by atoms with Crippen LogP contribution in [0, 0.1) is 0 Å². The lowest BCUT2D eigenvalue weighted by Gasteiger charge is -2.34. The van der Waals surface area contributed by atoms with Gasteiger partial charge in [0.1, 0.15) is 0 Å². The summed E-state index contributed by atoms with van der Waals surface area (Å²) in [6, 6.07) is 0. The van der Waals surface area contributed by atoms with Gasteiger partial charge in [0.25, 0.3) is 0 Å². The molecule has 0 radical (unpaired) electrons. The number of hydrogen-bond acceptors (Lipinski definition) is 0. The summed E-state index contributed by atoms with van der Waals surface area (Å²) in [6.45, 7) is 30.0. The molecule has 0 aliphatic carbocycles. The Bertz CT molecular complexity index is 350. The fourth-order valence-electron chi connectivity index (χ4n) is 2.26. The first kappa shape index (κ1) is 20.3. The molecule has 0 N–H and O–H groups in total. The molecule has 0 unspecified atom stereocenters. The maximum absolute atomic E-state index is 2.73. The Morgan fingerprint density at radius 1 is 0.450 bits per heavy atom. The van der Waals surface area contributed by atoms with E-state index in [0.717, 1.165) is 0 Å². The van der Waals surface area contributed by atoms with Crippen molar-refractivity contribution in [3.8, 4) is 0 Å². The summed E-state index contributed by atoms with van der Waals surface area (Å²) in [5.74, 6) is 0. The van der Waals surface area contributed by atoms with Crippen molar-refractivity contribution in [3.05, 3.63) is 21.8 Å². The third kappa shape index (κ3) is 7.95. The monoisotopic (exact) mass is 342 g/mol. The van der Waals surface area contributed by atoms with E-state index in [1.165, 1.54) is 0 Å². The van der Waals surface area contributed by atoms with E-state index < -0.39 is 32.3 Å². The first-order valence-electron chi connectivity index (χ1n) is 7.90. The molecule has 118 valence electrons. The van der Waals surface area contributed by atoms with Gasteiger partial charge in [-0.15, -0.1) is 0 Å². The molecule has 0 aromatic carbocycles. The van der Waals surface area contributed by atoms with E-state index in [9.17, 15) is 0 Å². The van der Waals surface area contributed by atoms with Crippen molar-refractivity contribution < 1.29 is 0 Å². The Balaban J connectivity index is 6.23. The minimum Gasteiger partial charge on any atom is -0.0958 e. The Hall–Kier alpha value is 0.348. The summed E-state index contributed by atoms with van der Waals surface area (Å²) in [4.78, 5) is 0. The fourth-order valence-corrected chi connectivity index (χ4v) is 14.7. The van der Waals surface area contributed by atoms with Gasteiger partial charge in [0.15, 0.2) is 0 Å². The lowest BCUT2D eigenvalue weighted by atomic mass is 10.6. The molecule has 0 saturated carbocycles. The highest BCUT2D eigenvalue weighted by Crippen LogP contribution is 2.32. The Labute approximate surface area is 132 Å². The lowest BCUT2D eigenvalue weighted by molar-refractivity contribution is 1.54. The zero-order valence-corrected chi connectivity index (χ0v) is 20.2. The minimum absolute atomic E-state index is 1.18. The second-order valence-electron chi connectivity index (χ2n) is 10.3. The van der Waals surface area contributed by atoms with Gasteiger partial charge < -0.3 is 0 Å². The van der Waals surface area contributed by atoms with Gasteiger partial charge in [0.2, 0.25) is 0 Å². The maximum atomic E-state index is 2.73. The Morgan fingerprint density at radius 3 is 0.750 bits per heavy atom. The van der Waals surface area contributed by atoms with Gasteiger partial charge >= 0.3 is 0 Å². The van der Waals surface area contributed by atoms with E-state index >= 15 is 0 Å². The topological polar surface area (TPSA) is 0 Å². The normalized spacial score (nSPS) is 16.6. The van der Waals surface area contributed by atoms with Crippen LogP contribution in [0.15, 0.2) is 21.8 Å². The van der Waals surface area contributed by atoms with E-state index in [0.29, 0.717) is 0 Å². The van der Waals surface area contributed by atoms with E-state index in [1.807, 2.05) is 0 Å². The molecule has 0 amide bonds. The molecule has 0 fully saturated rings. The van der Waals surface area contributed by atoms with Crippen molar-refractivity contribution >= 4 is 32.3 Å². The smallest absolute Gasteiger partial charge is 0.0764 e. The molecule has 0 bridgehead atoms. The van der Waals surface area contributed by atoms with Crippen molar-refractivity contribution in [3.63, 3.8) is 0 Å². The number of rotatable bonds is 5. The van der Waals surface area contributed by atoms with Crippen LogP contribution in [0.2, 0.25) is 78.6 Å². The maximum Gasteiger partial charge on any atom is 0.0764 e.